The second kappa shape index (κ2) is 5.38. The first-order chi connectivity index (χ1) is 9.65. The van der Waals surface area contributed by atoms with Gasteiger partial charge in [0.15, 0.2) is 0 Å². The van der Waals surface area contributed by atoms with Crippen molar-refractivity contribution >= 4 is 22.3 Å². The lowest BCUT2D eigenvalue weighted by Crippen LogP contribution is -2.17. The highest BCUT2D eigenvalue weighted by Gasteiger charge is 2.16. The third-order valence-electron chi connectivity index (χ3n) is 3.53. The van der Waals surface area contributed by atoms with Gasteiger partial charge in [0.1, 0.15) is 11.3 Å². The highest BCUT2D eigenvalue weighted by molar-refractivity contribution is 7.11. The van der Waals surface area contributed by atoms with Crippen molar-refractivity contribution in [3.05, 3.63) is 51.7 Å². The van der Waals surface area contributed by atoms with Crippen molar-refractivity contribution in [1.82, 2.24) is 10.3 Å². The Kier molecular flexibility index (Phi) is 3.59. The molecular weight excluding hydrogens is 268 g/mol. The number of nitrogens with one attached hydrogen (secondary N) is 1. The van der Waals surface area contributed by atoms with Crippen molar-refractivity contribution < 1.29 is 4.42 Å². The molecule has 3 nitrogen and oxygen atoms in total. The first-order valence-corrected chi connectivity index (χ1v) is 7.59. The van der Waals surface area contributed by atoms with Gasteiger partial charge in [-0.15, -0.1) is 11.3 Å². The molecule has 1 atom stereocenters. The summed E-state index contributed by atoms with van der Waals surface area (Å²) < 4.78 is 5.98. The standard InChI is InChI=1S/C16H18N2OS/c1-10-14-6-4-5-7-15(14)19-16(10)11(2)17-8-13-9-18-12(3)20-13/h4-7,9,11,17H,8H2,1-3H3. The summed E-state index contributed by atoms with van der Waals surface area (Å²) in [6, 6.07) is 8.37. The van der Waals surface area contributed by atoms with Gasteiger partial charge in [0.05, 0.1) is 11.0 Å². The Hall–Kier alpha value is -1.65. The van der Waals surface area contributed by atoms with Gasteiger partial charge in [-0.3, -0.25) is 0 Å². The predicted octanol–water partition coefficient (Wildman–Crippen LogP) is 4.36. The largest absolute Gasteiger partial charge is 0.459 e. The Morgan fingerprint density at radius 3 is 2.80 bits per heavy atom. The Bertz CT molecular complexity index is 729. The van der Waals surface area contributed by atoms with E-state index in [1.807, 2.05) is 31.3 Å². The van der Waals surface area contributed by atoms with Crippen LogP contribution in [0.4, 0.5) is 0 Å². The summed E-state index contributed by atoms with van der Waals surface area (Å²) in [6.07, 6.45) is 1.94. The van der Waals surface area contributed by atoms with Crippen LogP contribution in [0.5, 0.6) is 0 Å². The van der Waals surface area contributed by atoms with Crippen molar-refractivity contribution in [2.24, 2.45) is 0 Å². The third-order valence-corrected chi connectivity index (χ3v) is 4.44. The summed E-state index contributed by atoms with van der Waals surface area (Å²) in [5, 5.41) is 5.81. The fourth-order valence-electron chi connectivity index (χ4n) is 2.44. The van der Waals surface area contributed by atoms with Gasteiger partial charge in [0.25, 0.3) is 0 Å². The molecule has 0 aliphatic carbocycles. The fourth-order valence-corrected chi connectivity index (χ4v) is 3.19. The van der Waals surface area contributed by atoms with Crippen molar-refractivity contribution in [1.29, 1.82) is 0 Å². The van der Waals surface area contributed by atoms with Crippen LogP contribution in [0, 0.1) is 13.8 Å². The molecule has 4 heteroatoms. The summed E-state index contributed by atoms with van der Waals surface area (Å²) in [5.74, 6) is 1.02. The van der Waals surface area contributed by atoms with E-state index in [4.69, 9.17) is 4.42 Å². The lowest BCUT2D eigenvalue weighted by molar-refractivity contribution is 0.449. The summed E-state index contributed by atoms with van der Waals surface area (Å²) in [4.78, 5) is 5.53. The molecule has 0 bridgehead atoms. The quantitative estimate of drug-likeness (QED) is 0.774. The lowest BCUT2D eigenvalue weighted by atomic mass is 10.1. The van der Waals surface area contributed by atoms with E-state index < -0.39 is 0 Å². The number of fused-ring (bicyclic) bond motifs is 1. The first kappa shape index (κ1) is 13.3. The number of hydrogen-bond acceptors (Lipinski definition) is 4. The Labute approximate surface area is 122 Å². The van der Waals surface area contributed by atoms with Gasteiger partial charge < -0.3 is 9.73 Å². The molecule has 104 valence electrons. The van der Waals surface area contributed by atoms with E-state index in [0.717, 1.165) is 22.9 Å². The number of nitrogens with zero attached hydrogens (tertiary/aromatic N) is 1. The minimum Gasteiger partial charge on any atom is -0.459 e. The lowest BCUT2D eigenvalue weighted by Gasteiger charge is -2.11. The van der Waals surface area contributed by atoms with Gasteiger partial charge in [-0.2, -0.15) is 0 Å². The van der Waals surface area contributed by atoms with Crippen LogP contribution in [0.15, 0.2) is 34.9 Å². The van der Waals surface area contributed by atoms with Gasteiger partial charge in [-0.05, 0) is 32.4 Å². The molecule has 1 aromatic carbocycles. The molecule has 20 heavy (non-hydrogen) atoms. The molecule has 0 saturated heterocycles. The minimum absolute atomic E-state index is 0.185. The molecule has 0 amide bonds. The van der Waals surface area contributed by atoms with Crippen LogP contribution < -0.4 is 5.32 Å². The first-order valence-electron chi connectivity index (χ1n) is 6.78. The number of benzene rings is 1. The maximum atomic E-state index is 5.98. The number of aryl methyl sites for hydroxylation is 2. The van der Waals surface area contributed by atoms with Crippen LogP contribution in [0.3, 0.4) is 0 Å². The molecule has 0 fully saturated rings. The molecule has 1 unspecified atom stereocenters. The molecule has 0 aliphatic heterocycles. The van der Waals surface area contributed by atoms with E-state index in [2.05, 4.69) is 30.2 Å². The third kappa shape index (κ3) is 2.49. The van der Waals surface area contributed by atoms with E-state index in [1.165, 1.54) is 15.8 Å². The predicted molar refractivity (Wildman–Crippen MR) is 83.1 cm³/mol. The molecule has 3 rings (SSSR count). The number of rotatable bonds is 4. The average Bonchev–Trinajstić information content (AvgIpc) is 3.01. The molecular formula is C16H18N2OS. The second-order valence-corrected chi connectivity index (χ2v) is 6.35. The minimum atomic E-state index is 0.185. The van der Waals surface area contributed by atoms with Crippen LogP contribution in [-0.2, 0) is 6.54 Å². The highest BCUT2D eigenvalue weighted by atomic mass is 32.1. The maximum absolute atomic E-state index is 5.98. The molecule has 3 aromatic rings. The molecule has 0 spiro atoms. The topological polar surface area (TPSA) is 38.1 Å². The number of hydrogen-bond donors (Lipinski definition) is 1. The van der Waals surface area contributed by atoms with E-state index in [-0.39, 0.29) is 6.04 Å². The van der Waals surface area contributed by atoms with Crippen LogP contribution >= 0.6 is 11.3 Å². The number of para-hydroxylation sites is 1. The van der Waals surface area contributed by atoms with Gasteiger partial charge >= 0.3 is 0 Å². The van der Waals surface area contributed by atoms with Gasteiger partial charge in [0, 0.05) is 23.0 Å². The Morgan fingerprint density at radius 2 is 2.10 bits per heavy atom. The van der Waals surface area contributed by atoms with Crippen LogP contribution in [-0.4, -0.2) is 4.98 Å². The van der Waals surface area contributed by atoms with Crippen LogP contribution in [0.2, 0.25) is 0 Å². The molecule has 2 aromatic heterocycles. The number of aromatic nitrogens is 1. The Balaban J connectivity index is 1.78. The van der Waals surface area contributed by atoms with E-state index in [1.54, 1.807) is 11.3 Å². The fraction of sp³-hybridized carbons (Fsp3) is 0.312. The SMILES string of the molecule is Cc1ncc(CNC(C)c2oc3ccccc3c2C)s1. The van der Waals surface area contributed by atoms with Gasteiger partial charge in [-0.1, -0.05) is 18.2 Å². The van der Waals surface area contributed by atoms with E-state index >= 15 is 0 Å². The normalized spacial score (nSPS) is 12.9. The summed E-state index contributed by atoms with van der Waals surface area (Å²) >= 11 is 1.73. The van der Waals surface area contributed by atoms with Gasteiger partial charge in [-0.25, -0.2) is 4.98 Å². The second-order valence-electron chi connectivity index (χ2n) is 5.04. The number of thiazole rings is 1. The number of furan rings is 1. The smallest absolute Gasteiger partial charge is 0.134 e. The van der Waals surface area contributed by atoms with Crippen molar-refractivity contribution in [2.75, 3.05) is 0 Å². The Morgan fingerprint density at radius 1 is 1.30 bits per heavy atom. The van der Waals surface area contributed by atoms with Crippen molar-refractivity contribution in [2.45, 2.75) is 33.4 Å². The zero-order chi connectivity index (χ0) is 14.1. The average molecular weight is 286 g/mol. The zero-order valence-corrected chi connectivity index (χ0v) is 12.8. The van der Waals surface area contributed by atoms with Crippen LogP contribution in [0.25, 0.3) is 11.0 Å². The highest BCUT2D eigenvalue weighted by Crippen LogP contribution is 2.29. The molecule has 0 radical (unpaired) electrons. The summed E-state index contributed by atoms with van der Waals surface area (Å²) in [6.45, 7) is 7.11. The summed E-state index contributed by atoms with van der Waals surface area (Å²) in [7, 11) is 0. The molecule has 1 N–H and O–H groups in total. The maximum Gasteiger partial charge on any atom is 0.134 e. The zero-order valence-electron chi connectivity index (χ0n) is 11.9. The molecule has 0 saturated carbocycles. The molecule has 2 heterocycles. The summed E-state index contributed by atoms with van der Waals surface area (Å²) in [5.41, 5.74) is 2.18. The van der Waals surface area contributed by atoms with Crippen molar-refractivity contribution in [3.8, 4) is 0 Å². The van der Waals surface area contributed by atoms with E-state index in [0.29, 0.717) is 0 Å². The van der Waals surface area contributed by atoms with E-state index in [9.17, 15) is 0 Å². The monoisotopic (exact) mass is 286 g/mol. The molecule has 0 aliphatic rings. The van der Waals surface area contributed by atoms with Gasteiger partial charge in [0.2, 0.25) is 0 Å². The van der Waals surface area contributed by atoms with Crippen molar-refractivity contribution in [3.63, 3.8) is 0 Å². The van der Waals surface area contributed by atoms with Crippen LogP contribution in [0.1, 0.15) is 34.2 Å².